The van der Waals surface area contributed by atoms with Crippen molar-refractivity contribution in [3.63, 3.8) is 0 Å². The molecule has 2 heteroatoms. The molecule has 27 heavy (non-hydrogen) atoms. The summed E-state index contributed by atoms with van der Waals surface area (Å²) in [4.78, 5) is 3.19. The fourth-order valence-corrected chi connectivity index (χ4v) is 7.45. The van der Waals surface area contributed by atoms with Crippen molar-refractivity contribution in [2.24, 2.45) is 11.8 Å². The number of hydrogen-bond acceptors (Lipinski definition) is 2. The van der Waals surface area contributed by atoms with Gasteiger partial charge in [-0.2, -0.15) is 0 Å². The second-order valence-corrected chi connectivity index (χ2v) is 10.5. The smallest absolute Gasteiger partial charge is 0.0486 e. The lowest BCUT2D eigenvalue weighted by atomic mass is 9.66. The van der Waals surface area contributed by atoms with Crippen molar-refractivity contribution >= 4 is 22.7 Å². The van der Waals surface area contributed by atoms with Crippen LogP contribution in [0.2, 0.25) is 0 Å². The molecule has 0 aromatic carbocycles. The maximum atomic E-state index is 2.48. The summed E-state index contributed by atoms with van der Waals surface area (Å²) in [5.74, 6) is 1.71. The van der Waals surface area contributed by atoms with Gasteiger partial charge in [0.2, 0.25) is 0 Å². The first kappa shape index (κ1) is 21.1. The maximum Gasteiger partial charge on any atom is 0.0486 e. The predicted molar refractivity (Wildman–Crippen MR) is 124 cm³/mol. The van der Waals surface area contributed by atoms with Crippen molar-refractivity contribution in [3.05, 3.63) is 34.0 Å². The summed E-state index contributed by atoms with van der Waals surface area (Å²) in [6, 6.07) is 4.96. The highest BCUT2D eigenvalue weighted by Crippen LogP contribution is 2.59. The molecule has 0 N–H and O–H groups in total. The number of fused-ring (bicyclic) bond motifs is 3. The Labute approximate surface area is 175 Å². The highest BCUT2D eigenvalue weighted by Gasteiger charge is 2.46. The van der Waals surface area contributed by atoms with E-state index in [0.717, 1.165) is 11.8 Å². The minimum absolute atomic E-state index is 0.285. The third-order valence-corrected chi connectivity index (χ3v) is 8.92. The predicted octanol–water partition coefficient (Wildman–Crippen LogP) is 9.29. The van der Waals surface area contributed by atoms with Gasteiger partial charge in [0.05, 0.1) is 0 Å². The van der Waals surface area contributed by atoms with E-state index in [1.54, 1.807) is 20.9 Å². The van der Waals surface area contributed by atoms with E-state index in [1.165, 1.54) is 64.2 Å². The first-order valence-corrected chi connectivity index (χ1v) is 13.1. The zero-order valence-corrected chi connectivity index (χ0v) is 19.5. The molecule has 2 aromatic heterocycles. The van der Waals surface area contributed by atoms with Crippen LogP contribution in [0, 0.1) is 11.8 Å². The molecule has 3 rings (SSSR count). The Morgan fingerprint density at radius 1 is 0.741 bits per heavy atom. The lowest BCUT2D eigenvalue weighted by Crippen LogP contribution is -2.31. The summed E-state index contributed by atoms with van der Waals surface area (Å²) in [5.41, 5.74) is 3.64. The van der Waals surface area contributed by atoms with E-state index in [-0.39, 0.29) is 5.41 Å². The monoisotopic (exact) mass is 402 g/mol. The van der Waals surface area contributed by atoms with Gasteiger partial charge in [0.25, 0.3) is 0 Å². The molecule has 0 unspecified atom stereocenters. The standard InChI is InChI=1S/C25H38S2/c1-5-9-11-19(7-3)17-25(18-20(8-4)12-10-6-2)21-13-15-26-23(21)24-22(25)14-16-27-24/h13-16,19-20H,5-12,17-18H2,1-4H3/t19-,20-/m0/s1. The molecule has 0 nitrogen and oxygen atoms in total. The Kier molecular flexibility index (Phi) is 7.62. The molecule has 2 heterocycles. The van der Waals surface area contributed by atoms with Crippen LogP contribution in [-0.4, -0.2) is 0 Å². The molecule has 1 aliphatic rings. The highest BCUT2D eigenvalue weighted by atomic mass is 32.1. The molecule has 0 radical (unpaired) electrons. The average molecular weight is 403 g/mol. The van der Waals surface area contributed by atoms with Crippen LogP contribution >= 0.6 is 22.7 Å². The van der Waals surface area contributed by atoms with Crippen LogP contribution in [0.5, 0.6) is 0 Å². The van der Waals surface area contributed by atoms with Crippen molar-refractivity contribution in [1.82, 2.24) is 0 Å². The van der Waals surface area contributed by atoms with E-state index in [4.69, 9.17) is 0 Å². The molecule has 1 aliphatic carbocycles. The van der Waals surface area contributed by atoms with Crippen molar-refractivity contribution in [1.29, 1.82) is 0 Å². The van der Waals surface area contributed by atoms with Crippen LogP contribution in [0.3, 0.4) is 0 Å². The van der Waals surface area contributed by atoms with Gasteiger partial charge in [-0.3, -0.25) is 0 Å². The fourth-order valence-electron chi connectivity index (χ4n) is 5.26. The van der Waals surface area contributed by atoms with Crippen LogP contribution in [-0.2, 0) is 5.41 Å². The average Bonchev–Trinajstić information content (AvgIpc) is 3.39. The maximum absolute atomic E-state index is 2.48. The van der Waals surface area contributed by atoms with Gasteiger partial charge < -0.3 is 0 Å². The molecular formula is C25H38S2. The third-order valence-electron chi connectivity index (χ3n) is 6.93. The lowest BCUT2D eigenvalue weighted by Gasteiger charge is -2.37. The van der Waals surface area contributed by atoms with Crippen molar-refractivity contribution in [2.45, 2.75) is 97.3 Å². The van der Waals surface area contributed by atoms with E-state index in [9.17, 15) is 0 Å². The molecule has 0 fully saturated rings. The zero-order chi connectivity index (χ0) is 19.3. The number of unbranched alkanes of at least 4 members (excludes halogenated alkanes) is 2. The van der Waals surface area contributed by atoms with Gasteiger partial charge in [0.15, 0.2) is 0 Å². The minimum atomic E-state index is 0.285. The molecular weight excluding hydrogens is 364 g/mol. The van der Waals surface area contributed by atoms with Gasteiger partial charge in [0.1, 0.15) is 0 Å². The zero-order valence-electron chi connectivity index (χ0n) is 17.9. The van der Waals surface area contributed by atoms with Crippen LogP contribution in [0.15, 0.2) is 22.9 Å². The van der Waals surface area contributed by atoms with E-state index in [2.05, 4.69) is 50.6 Å². The van der Waals surface area contributed by atoms with Crippen LogP contribution in [0.4, 0.5) is 0 Å². The van der Waals surface area contributed by atoms with Gasteiger partial charge in [-0.1, -0.05) is 79.1 Å². The Morgan fingerprint density at radius 2 is 1.19 bits per heavy atom. The van der Waals surface area contributed by atoms with Crippen LogP contribution in [0.1, 0.15) is 103 Å². The molecule has 0 spiro atoms. The van der Waals surface area contributed by atoms with Gasteiger partial charge in [0, 0.05) is 15.2 Å². The molecule has 0 amide bonds. The Hall–Kier alpha value is -0.600. The Balaban J connectivity index is 1.97. The Morgan fingerprint density at radius 3 is 1.56 bits per heavy atom. The SMILES string of the molecule is CCCC[C@H](CC)CC1(C[C@@H](CC)CCCC)c2ccsc2-c2sccc21. The van der Waals surface area contributed by atoms with E-state index >= 15 is 0 Å². The topological polar surface area (TPSA) is 0 Å². The number of rotatable bonds is 12. The minimum Gasteiger partial charge on any atom is -0.143 e. The highest BCUT2D eigenvalue weighted by molar-refractivity contribution is 7.21. The molecule has 0 saturated carbocycles. The Bertz CT molecular complexity index is 633. The second kappa shape index (κ2) is 9.74. The number of hydrogen-bond donors (Lipinski definition) is 0. The molecule has 2 atom stereocenters. The summed E-state index contributed by atoms with van der Waals surface area (Å²) in [6.07, 6.45) is 13.6. The third kappa shape index (κ3) is 4.22. The quantitative estimate of drug-likeness (QED) is 0.332. The largest absolute Gasteiger partial charge is 0.143 e. The normalized spacial score (nSPS) is 16.9. The lowest BCUT2D eigenvalue weighted by molar-refractivity contribution is 0.266. The summed E-state index contributed by atoms with van der Waals surface area (Å²) in [5, 5.41) is 4.70. The van der Waals surface area contributed by atoms with Gasteiger partial charge >= 0.3 is 0 Å². The summed E-state index contributed by atoms with van der Waals surface area (Å²) < 4.78 is 0. The van der Waals surface area contributed by atoms with Gasteiger partial charge in [-0.15, -0.1) is 22.7 Å². The van der Waals surface area contributed by atoms with E-state index in [0.29, 0.717) is 0 Å². The molecule has 0 bridgehead atoms. The van der Waals surface area contributed by atoms with E-state index < -0.39 is 0 Å². The first-order chi connectivity index (χ1) is 13.2. The fraction of sp³-hybridized carbons (Fsp3) is 0.680. The van der Waals surface area contributed by atoms with E-state index in [1.807, 2.05) is 22.7 Å². The number of thiophene rings is 2. The molecule has 0 saturated heterocycles. The van der Waals surface area contributed by atoms with Crippen molar-refractivity contribution in [2.75, 3.05) is 0 Å². The second-order valence-electron chi connectivity index (χ2n) is 8.65. The van der Waals surface area contributed by atoms with Crippen molar-refractivity contribution < 1.29 is 0 Å². The summed E-state index contributed by atoms with van der Waals surface area (Å²) in [7, 11) is 0. The summed E-state index contributed by atoms with van der Waals surface area (Å²) >= 11 is 3.95. The first-order valence-electron chi connectivity index (χ1n) is 11.4. The van der Waals surface area contributed by atoms with Gasteiger partial charge in [-0.05, 0) is 58.7 Å². The molecule has 0 aliphatic heterocycles. The molecule has 150 valence electrons. The summed E-state index contributed by atoms with van der Waals surface area (Å²) in [6.45, 7) is 9.51. The van der Waals surface area contributed by atoms with Crippen LogP contribution < -0.4 is 0 Å². The van der Waals surface area contributed by atoms with Gasteiger partial charge in [-0.25, -0.2) is 0 Å². The molecule has 2 aromatic rings. The van der Waals surface area contributed by atoms with Crippen LogP contribution in [0.25, 0.3) is 9.75 Å². The van der Waals surface area contributed by atoms with Crippen molar-refractivity contribution in [3.8, 4) is 9.75 Å².